The van der Waals surface area contributed by atoms with Crippen LogP contribution in [-0.4, -0.2) is 17.8 Å². The molecule has 1 aliphatic rings. The van der Waals surface area contributed by atoms with E-state index in [1.54, 1.807) is 0 Å². The molecule has 1 fully saturated rings. The van der Waals surface area contributed by atoms with Gasteiger partial charge in [-0.05, 0) is 5.92 Å². The van der Waals surface area contributed by atoms with Crippen LogP contribution in [0.25, 0.3) is 0 Å². The largest absolute Gasteiger partial charge is 0.314 e. The van der Waals surface area contributed by atoms with Crippen molar-refractivity contribution in [1.29, 1.82) is 0 Å². The second-order valence-corrected chi connectivity index (χ2v) is 3.75. The van der Waals surface area contributed by atoms with E-state index in [0.717, 1.165) is 13.1 Å². The second-order valence-electron chi connectivity index (χ2n) is 2.86. The van der Waals surface area contributed by atoms with Crippen LogP contribution in [0.4, 0.5) is 0 Å². The molecule has 0 atom stereocenters. The Morgan fingerprint density at radius 3 is 2.00 bits per heavy atom. The lowest BCUT2D eigenvalue weighted by Gasteiger charge is -2.41. The van der Waals surface area contributed by atoms with E-state index < -0.39 is 0 Å². The Hall–Kier alpha value is 0.310. The van der Waals surface area contributed by atoms with Gasteiger partial charge in [0.05, 0.1) is 0 Å². The van der Waals surface area contributed by atoms with Crippen LogP contribution in [0.2, 0.25) is 0 Å². The average molecular weight is 131 g/mol. The summed E-state index contributed by atoms with van der Waals surface area (Å²) in [6, 6.07) is 0. The van der Waals surface area contributed by atoms with Gasteiger partial charge in [0.25, 0.3) is 0 Å². The summed E-state index contributed by atoms with van der Waals surface area (Å²) in [6.45, 7) is 6.59. The Kier molecular flexibility index (Phi) is 1.54. The highest BCUT2D eigenvalue weighted by atomic mass is 32.1. The smallest absolute Gasteiger partial charge is 0.0401 e. The van der Waals surface area contributed by atoms with Crippen molar-refractivity contribution in [2.45, 2.75) is 18.6 Å². The third-order valence-corrected chi connectivity index (χ3v) is 2.77. The molecule has 0 unspecified atom stereocenters. The summed E-state index contributed by atoms with van der Waals surface area (Å²) in [4.78, 5) is 0. The first-order valence-electron chi connectivity index (χ1n) is 3.08. The van der Waals surface area contributed by atoms with Crippen molar-refractivity contribution in [3.05, 3.63) is 0 Å². The Balaban J connectivity index is 2.41. The summed E-state index contributed by atoms with van der Waals surface area (Å²) < 4.78 is 0.306. The maximum Gasteiger partial charge on any atom is 0.0401 e. The van der Waals surface area contributed by atoms with Gasteiger partial charge < -0.3 is 5.32 Å². The average Bonchev–Trinajstić information content (AvgIpc) is 1.60. The van der Waals surface area contributed by atoms with Crippen molar-refractivity contribution in [2.75, 3.05) is 13.1 Å². The van der Waals surface area contributed by atoms with Gasteiger partial charge in [-0.2, -0.15) is 12.6 Å². The van der Waals surface area contributed by atoms with E-state index in [-0.39, 0.29) is 0 Å². The molecule has 48 valence electrons. The van der Waals surface area contributed by atoms with Crippen molar-refractivity contribution in [2.24, 2.45) is 5.92 Å². The number of rotatable bonds is 1. The van der Waals surface area contributed by atoms with Gasteiger partial charge in [-0.15, -0.1) is 0 Å². The zero-order valence-electron chi connectivity index (χ0n) is 5.44. The highest BCUT2D eigenvalue weighted by Crippen LogP contribution is 2.27. The zero-order valence-corrected chi connectivity index (χ0v) is 6.33. The Morgan fingerprint density at radius 1 is 1.50 bits per heavy atom. The lowest BCUT2D eigenvalue weighted by molar-refractivity contribution is 0.311. The van der Waals surface area contributed by atoms with Crippen molar-refractivity contribution >= 4 is 12.6 Å². The van der Waals surface area contributed by atoms with E-state index in [0.29, 0.717) is 10.7 Å². The molecular weight excluding hydrogens is 118 g/mol. The second kappa shape index (κ2) is 1.92. The molecule has 0 aliphatic carbocycles. The predicted molar refractivity (Wildman–Crippen MR) is 39.4 cm³/mol. The van der Waals surface area contributed by atoms with Gasteiger partial charge >= 0.3 is 0 Å². The number of nitrogens with one attached hydrogen (secondary N) is 1. The van der Waals surface area contributed by atoms with Crippen LogP contribution in [0.1, 0.15) is 13.8 Å². The molecule has 0 aromatic heterocycles. The normalized spacial score (nSPS) is 25.5. The summed E-state index contributed by atoms with van der Waals surface area (Å²) in [7, 11) is 0. The van der Waals surface area contributed by atoms with Crippen molar-refractivity contribution in [3.8, 4) is 0 Å². The topological polar surface area (TPSA) is 12.0 Å². The zero-order chi connectivity index (χ0) is 6.20. The van der Waals surface area contributed by atoms with Crippen molar-refractivity contribution in [1.82, 2.24) is 5.32 Å². The number of thiol groups is 1. The summed E-state index contributed by atoms with van der Waals surface area (Å²) in [5, 5.41) is 3.21. The molecule has 1 saturated heterocycles. The fourth-order valence-electron chi connectivity index (χ4n) is 0.789. The first-order chi connectivity index (χ1) is 3.65. The van der Waals surface area contributed by atoms with Gasteiger partial charge in [-0.25, -0.2) is 0 Å². The minimum Gasteiger partial charge on any atom is -0.314 e. The van der Waals surface area contributed by atoms with Gasteiger partial charge in [0.15, 0.2) is 0 Å². The molecule has 1 heterocycles. The highest BCUT2D eigenvalue weighted by Gasteiger charge is 2.35. The first kappa shape index (κ1) is 6.43. The summed E-state index contributed by atoms with van der Waals surface area (Å²) in [6.07, 6.45) is 0. The molecule has 0 radical (unpaired) electrons. The molecule has 1 N–H and O–H groups in total. The van der Waals surface area contributed by atoms with Crippen LogP contribution in [0.15, 0.2) is 0 Å². The Morgan fingerprint density at radius 2 is 2.00 bits per heavy atom. The molecule has 1 rings (SSSR count). The summed E-state index contributed by atoms with van der Waals surface area (Å²) in [5.41, 5.74) is 0. The molecular formula is C6H13NS. The third-order valence-electron chi connectivity index (χ3n) is 1.94. The monoisotopic (exact) mass is 131 g/mol. The molecule has 0 amide bonds. The molecule has 8 heavy (non-hydrogen) atoms. The maximum atomic E-state index is 4.51. The Bertz CT molecular complexity index is 86.5. The van der Waals surface area contributed by atoms with Gasteiger partial charge in [0, 0.05) is 17.8 Å². The molecule has 0 spiro atoms. The van der Waals surface area contributed by atoms with Gasteiger partial charge in [-0.3, -0.25) is 0 Å². The Labute approximate surface area is 56.3 Å². The van der Waals surface area contributed by atoms with E-state index >= 15 is 0 Å². The maximum absolute atomic E-state index is 4.51. The van der Waals surface area contributed by atoms with Gasteiger partial charge in [-0.1, -0.05) is 13.8 Å². The first-order valence-corrected chi connectivity index (χ1v) is 3.53. The molecule has 0 saturated carbocycles. The van der Waals surface area contributed by atoms with Gasteiger partial charge in [0.1, 0.15) is 0 Å². The minimum atomic E-state index is 0.306. The lowest BCUT2D eigenvalue weighted by Crippen LogP contribution is -2.58. The van der Waals surface area contributed by atoms with Crippen LogP contribution < -0.4 is 5.32 Å². The van der Waals surface area contributed by atoms with Crippen LogP contribution in [0.5, 0.6) is 0 Å². The van der Waals surface area contributed by atoms with Crippen molar-refractivity contribution < 1.29 is 0 Å². The SMILES string of the molecule is CC(C)C1(S)CNC1. The lowest BCUT2D eigenvalue weighted by atomic mass is 9.89. The highest BCUT2D eigenvalue weighted by molar-refractivity contribution is 7.82. The van der Waals surface area contributed by atoms with Crippen molar-refractivity contribution in [3.63, 3.8) is 0 Å². The van der Waals surface area contributed by atoms with Crippen LogP contribution in [0, 0.1) is 5.92 Å². The summed E-state index contributed by atoms with van der Waals surface area (Å²) >= 11 is 4.51. The van der Waals surface area contributed by atoms with Gasteiger partial charge in [0.2, 0.25) is 0 Å². The van der Waals surface area contributed by atoms with Crippen LogP contribution >= 0.6 is 12.6 Å². The van der Waals surface area contributed by atoms with E-state index in [9.17, 15) is 0 Å². The fourth-order valence-corrected chi connectivity index (χ4v) is 1.01. The van der Waals surface area contributed by atoms with E-state index in [4.69, 9.17) is 0 Å². The van der Waals surface area contributed by atoms with E-state index in [2.05, 4.69) is 31.8 Å². The minimum absolute atomic E-state index is 0.306. The number of hydrogen-bond donors (Lipinski definition) is 2. The standard InChI is InChI=1S/C6H13NS/c1-5(2)6(8)3-7-4-6/h5,7-8H,3-4H2,1-2H3. The van der Waals surface area contributed by atoms with Crippen LogP contribution in [-0.2, 0) is 0 Å². The molecule has 0 aromatic rings. The molecule has 0 aromatic carbocycles. The fraction of sp³-hybridized carbons (Fsp3) is 1.00. The molecule has 2 heteroatoms. The molecule has 0 bridgehead atoms. The summed E-state index contributed by atoms with van der Waals surface area (Å²) in [5.74, 6) is 0.701. The quantitative estimate of drug-likeness (QED) is 0.504. The van der Waals surface area contributed by atoms with Crippen LogP contribution in [0.3, 0.4) is 0 Å². The number of hydrogen-bond acceptors (Lipinski definition) is 2. The molecule has 1 aliphatic heterocycles. The van der Waals surface area contributed by atoms with E-state index in [1.807, 2.05) is 0 Å². The van der Waals surface area contributed by atoms with E-state index in [1.165, 1.54) is 0 Å². The predicted octanol–water partition coefficient (Wildman–Crippen LogP) is 0.914. The molecule has 1 nitrogen and oxygen atoms in total. The third kappa shape index (κ3) is 0.869.